The van der Waals surface area contributed by atoms with Crippen LogP contribution in [0.3, 0.4) is 0 Å². The topological polar surface area (TPSA) is 74.9 Å². The molecule has 4 nitrogen and oxygen atoms in total. The van der Waals surface area contributed by atoms with E-state index < -0.39 is 18.0 Å². The maximum Gasteiger partial charge on any atom is 0.151 e. The zero-order valence-corrected chi connectivity index (χ0v) is 8.24. The fraction of sp³-hybridized carbons (Fsp3) is 0.300. The van der Waals surface area contributed by atoms with Gasteiger partial charge < -0.3 is 15.8 Å². The van der Waals surface area contributed by atoms with Gasteiger partial charge in [-0.25, -0.2) is 9.37 Å². The summed E-state index contributed by atoms with van der Waals surface area (Å²) in [5.74, 6) is -0.00195. The smallest absolute Gasteiger partial charge is 0.151 e. The van der Waals surface area contributed by atoms with E-state index in [-0.39, 0.29) is 5.52 Å². The second-order valence-corrected chi connectivity index (χ2v) is 3.52. The van der Waals surface area contributed by atoms with Crippen LogP contribution in [-0.2, 0) is 0 Å². The summed E-state index contributed by atoms with van der Waals surface area (Å²) in [5.41, 5.74) is 6.52. The Morgan fingerprint density at radius 3 is 2.87 bits per heavy atom. The molecule has 2 aromatic rings. The first-order chi connectivity index (χ1) is 7.09. The Bertz CT molecular complexity index is 480. The standard InChI is InChI=1S/C10H12FN3O/c1-5(15)8(12)10-13-7-4-2-3-6(11)9(7)14-10/h2-5,8,15H,12H2,1H3,(H,13,14). The molecule has 2 unspecified atom stereocenters. The maximum absolute atomic E-state index is 13.3. The molecule has 0 bridgehead atoms. The van der Waals surface area contributed by atoms with Crippen LogP contribution in [0.2, 0.25) is 0 Å². The number of imidazole rings is 1. The lowest BCUT2D eigenvalue weighted by Gasteiger charge is -2.10. The molecule has 0 fully saturated rings. The van der Waals surface area contributed by atoms with Gasteiger partial charge in [-0.05, 0) is 19.1 Å². The van der Waals surface area contributed by atoms with Gasteiger partial charge in [-0.2, -0.15) is 0 Å². The average molecular weight is 209 g/mol. The van der Waals surface area contributed by atoms with Gasteiger partial charge in [0, 0.05) is 0 Å². The van der Waals surface area contributed by atoms with E-state index >= 15 is 0 Å². The van der Waals surface area contributed by atoms with Gasteiger partial charge in [0.15, 0.2) is 5.82 Å². The number of aromatic amines is 1. The van der Waals surface area contributed by atoms with Gasteiger partial charge >= 0.3 is 0 Å². The second-order valence-electron chi connectivity index (χ2n) is 3.52. The fourth-order valence-electron chi connectivity index (χ4n) is 1.40. The van der Waals surface area contributed by atoms with Crippen LogP contribution in [0.25, 0.3) is 11.0 Å². The Morgan fingerprint density at radius 2 is 2.27 bits per heavy atom. The molecule has 0 spiro atoms. The summed E-state index contributed by atoms with van der Waals surface area (Å²) in [6.45, 7) is 1.56. The molecule has 0 aliphatic heterocycles. The van der Waals surface area contributed by atoms with E-state index in [1.807, 2.05) is 0 Å². The first-order valence-corrected chi connectivity index (χ1v) is 4.67. The van der Waals surface area contributed by atoms with Crippen molar-refractivity contribution in [3.05, 3.63) is 29.8 Å². The zero-order chi connectivity index (χ0) is 11.0. The van der Waals surface area contributed by atoms with E-state index in [0.29, 0.717) is 11.3 Å². The molecule has 0 aliphatic carbocycles. The van der Waals surface area contributed by atoms with Crippen molar-refractivity contribution < 1.29 is 9.50 Å². The third-order valence-corrected chi connectivity index (χ3v) is 2.32. The van der Waals surface area contributed by atoms with Gasteiger partial charge in [0.05, 0.1) is 17.7 Å². The molecule has 0 aliphatic rings. The van der Waals surface area contributed by atoms with Crippen molar-refractivity contribution in [1.82, 2.24) is 9.97 Å². The van der Waals surface area contributed by atoms with Crippen molar-refractivity contribution in [2.75, 3.05) is 0 Å². The molecule has 1 aromatic carbocycles. The van der Waals surface area contributed by atoms with Gasteiger partial charge in [0.1, 0.15) is 11.3 Å². The summed E-state index contributed by atoms with van der Waals surface area (Å²) in [6, 6.07) is 4.01. The molecule has 1 aromatic heterocycles. The molecular weight excluding hydrogens is 197 g/mol. The van der Waals surface area contributed by atoms with Crippen molar-refractivity contribution in [3.8, 4) is 0 Å². The first-order valence-electron chi connectivity index (χ1n) is 4.67. The number of rotatable bonds is 2. The molecule has 0 amide bonds. The van der Waals surface area contributed by atoms with Crippen LogP contribution in [0.1, 0.15) is 18.8 Å². The molecule has 0 radical (unpaired) electrons. The highest BCUT2D eigenvalue weighted by Crippen LogP contribution is 2.18. The number of fused-ring (bicyclic) bond motifs is 1. The first kappa shape index (κ1) is 10.1. The Balaban J connectivity index is 2.52. The normalized spacial score (nSPS) is 15.5. The minimum atomic E-state index is -0.728. The monoisotopic (exact) mass is 209 g/mol. The van der Waals surface area contributed by atoms with Crippen molar-refractivity contribution in [2.45, 2.75) is 19.1 Å². The SMILES string of the molecule is CC(O)C(N)c1nc2c(F)cccc2[nH]1. The maximum atomic E-state index is 13.3. The van der Waals surface area contributed by atoms with Crippen LogP contribution < -0.4 is 5.73 Å². The molecule has 4 N–H and O–H groups in total. The number of aliphatic hydroxyl groups excluding tert-OH is 1. The molecule has 15 heavy (non-hydrogen) atoms. The third kappa shape index (κ3) is 1.71. The average Bonchev–Trinajstić information content (AvgIpc) is 2.61. The minimum absolute atomic E-state index is 0.253. The lowest BCUT2D eigenvalue weighted by molar-refractivity contribution is 0.161. The van der Waals surface area contributed by atoms with E-state index in [9.17, 15) is 9.50 Å². The number of nitrogens with one attached hydrogen (secondary N) is 1. The molecule has 1 heterocycles. The number of aliphatic hydroxyl groups is 1. The molecule has 80 valence electrons. The van der Waals surface area contributed by atoms with Crippen molar-refractivity contribution in [1.29, 1.82) is 0 Å². The Hall–Kier alpha value is -1.46. The lowest BCUT2D eigenvalue weighted by Crippen LogP contribution is -2.24. The van der Waals surface area contributed by atoms with Crippen LogP contribution >= 0.6 is 0 Å². The van der Waals surface area contributed by atoms with Gasteiger partial charge in [0.25, 0.3) is 0 Å². The predicted molar refractivity (Wildman–Crippen MR) is 54.7 cm³/mol. The van der Waals surface area contributed by atoms with Gasteiger partial charge in [0.2, 0.25) is 0 Å². The summed E-state index contributed by atoms with van der Waals surface area (Å²) in [5, 5.41) is 9.29. The minimum Gasteiger partial charge on any atom is -0.391 e. The van der Waals surface area contributed by atoms with Crippen molar-refractivity contribution >= 4 is 11.0 Å². The highest BCUT2D eigenvalue weighted by Gasteiger charge is 2.17. The Labute approximate surface area is 85.9 Å². The van der Waals surface area contributed by atoms with E-state index in [1.165, 1.54) is 6.07 Å². The van der Waals surface area contributed by atoms with Crippen LogP contribution in [0.4, 0.5) is 4.39 Å². The number of nitrogens with two attached hydrogens (primary N) is 1. The molecule has 5 heteroatoms. The Morgan fingerprint density at radius 1 is 1.53 bits per heavy atom. The number of hydrogen-bond acceptors (Lipinski definition) is 3. The van der Waals surface area contributed by atoms with E-state index in [0.717, 1.165) is 0 Å². The summed E-state index contributed by atoms with van der Waals surface area (Å²) in [4.78, 5) is 6.90. The summed E-state index contributed by atoms with van der Waals surface area (Å²) < 4.78 is 13.3. The molecule has 0 saturated heterocycles. The van der Waals surface area contributed by atoms with Crippen molar-refractivity contribution in [3.63, 3.8) is 0 Å². The number of aromatic nitrogens is 2. The largest absolute Gasteiger partial charge is 0.391 e. The molecular formula is C10H12FN3O. The predicted octanol–water partition coefficient (Wildman–Crippen LogP) is 1.08. The van der Waals surface area contributed by atoms with Crippen molar-refractivity contribution in [2.24, 2.45) is 5.73 Å². The Kier molecular flexibility index (Phi) is 2.42. The fourth-order valence-corrected chi connectivity index (χ4v) is 1.40. The van der Waals surface area contributed by atoms with E-state index in [2.05, 4.69) is 9.97 Å². The van der Waals surface area contributed by atoms with Crippen LogP contribution in [-0.4, -0.2) is 21.2 Å². The quantitative estimate of drug-likeness (QED) is 0.692. The number of halogens is 1. The number of benzene rings is 1. The second kappa shape index (κ2) is 3.60. The number of nitrogens with zero attached hydrogens (tertiary/aromatic N) is 1. The highest BCUT2D eigenvalue weighted by molar-refractivity contribution is 5.75. The van der Waals surface area contributed by atoms with E-state index in [1.54, 1.807) is 19.1 Å². The molecule has 2 atom stereocenters. The number of H-pyrrole nitrogens is 1. The summed E-state index contributed by atoms with van der Waals surface area (Å²) in [7, 11) is 0. The zero-order valence-electron chi connectivity index (χ0n) is 8.24. The molecule has 2 rings (SSSR count). The summed E-state index contributed by atoms with van der Waals surface area (Å²) >= 11 is 0. The molecule has 0 saturated carbocycles. The number of hydrogen-bond donors (Lipinski definition) is 3. The lowest BCUT2D eigenvalue weighted by atomic mass is 10.2. The van der Waals surface area contributed by atoms with Crippen LogP contribution in [0, 0.1) is 5.82 Å². The highest BCUT2D eigenvalue weighted by atomic mass is 19.1. The van der Waals surface area contributed by atoms with Gasteiger partial charge in [-0.1, -0.05) is 6.07 Å². The van der Waals surface area contributed by atoms with Crippen LogP contribution in [0.5, 0.6) is 0 Å². The van der Waals surface area contributed by atoms with E-state index in [4.69, 9.17) is 5.73 Å². The summed E-state index contributed by atoms with van der Waals surface area (Å²) in [6.07, 6.45) is -0.728. The van der Waals surface area contributed by atoms with Gasteiger partial charge in [-0.3, -0.25) is 0 Å². The van der Waals surface area contributed by atoms with Gasteiger partial charge in [-0.15, -0.1) is 0 Å². The number of para-hydroxylation sites is 1. The third-order valence-electron chi connectivity index (χ3n) is 2.32. The van der Waals surface area contributed by atoms with Crippen LogP contribution in [0.15, 0.2) is 18.2 Å².